The van der Waals surface area contributed by atoms with Crippen LogP contribution in [-0.2, 0) is 12.8 Å². The first-order valence-electron chi connectivity index (χ1n) is 11.9. The van der Waals surface area contributed by atoms with Crippen molar-refractivity contribution in [2.75, 3.05) is 39.3 Å². The van der Waals surface area contributed by atoms with Crippen molar-refractivity contribution in [2.45, 2.75) is 44.7 Å². The number of aryl methyl sites for hydroxylation is 1. The predicted molar refractivity (Wildman–Crippen MR) is 131 cm³/mol. The molecule has 1 aliphatic heterocycles. The highest BCUT2D eigenvalue weighted by atomic mass is 32.1. The van der Waals surface area contributed by atoms with Crippen molar-refractivity contribution in [1.82, 2.24) is 20.1 Å². The molecule has 0 saturated carbocycles. The van der Waals surface area contributed by atoms with Crippen LogP contribution in [0.1, 0.15) is 41.9 Å². The Bertz CT molecular complexity index is 994. The van der Waals surface area contributed by atoms with Gasteiger partial charge in [0, 0.05) is 49.7 Å². The molecule has 0 amide bonds. The van der Waals surface area contributed by atoms with Gasteiger partial charge in [0.1, 0.15) is 0 Å². The molecule has 1 fully saturated rings. The summed E-state index contributed by atoms with van der Waals surface area (Å²) in [6, 6.07) is 16.8. The number of aromatic nitrogens is 1. The van der Waals surface area contributed by atoms with E-state index < -0.39 is 0 Å². The molecular weight excluding hydrogens is 400 g/mol. The fourth-order valence-corrected chi connectivity index (χ4v) is 6.36. The molecule has 3 aromatic rings. The molecule has 2 heterocycles. The zero-order valence-electron chi connectivity index (χ0n) is 18.6. The standard InChI is InChI=1S/C26H34N4S/c1-2-13-29(21-10-11-24-26(17-21)31-19-28-24)15-16-30-14-12-27-18-25(30)23-9-5-7-20-6-3-4-8-22(20)23/h3-9,19,21,25,27H,2,10-18H2,1H3. The van der Waals surface area contributed by atoms with Crippen molar-refractivity contribution in [3.8, 4) is 0 Å². The normalized spacial score (nSPS) is 22.1. The highest BCUT2D eigenvalue weighted by molar-refractivity contribution is 7.09. The maximum Gasteiger partial charge on any atom is 0.0797 e. The lowest BCUT2D eigenvalue weighted by atomic mass is 9.95. The van der Waals surface area contributed by atoms with Crippen molar-refractivity contribution in [1.29, 1.82) is 0 Å². The lowest BCUT2D eigenvalue weighted by Crippen LogP contribution is -2.50. The Hall–Kier alpha value is -1.79. The largest absolute Gasteiger partial charge is 0.314 e. The molecule has 2 unspecified atom stereocenters. The van der Waals surface area contributed by atoms with Crippen LogP contribution in [0.4, 0.5) is 0 Å². The Labute approximate surface area is 190 Å². The minimum Gasteiger partial charge on any atom is -0.314 e. The zero-order chi connectivity index (χ0) is 21.0. The highest BCUT2D eigenvalue weighted by Gasteiger charge is 2.28. The minimum atomic E-state index is 0.447. The molecule has 2 aliphatic rings. The van der Waals surface area contributed by atoms with Crippen LogP contribution in [0.25, 0.3) is 10.8 Å². The maximum atomic E-state index is 4.57. The lowest BCUT2D eigenvalue weighted by Gasteiger charge is -2.40. The molecule has 5 rings (SSSR count). The first kappa shape index (κ1) is 21.1. The summed E-state index contributed by atoms with van der Waals surface area (Å²) in [5, 5.41) is 6.40. The Kier molecular flexibility index (Phi) is 6.65. The van der Waals surface area contributed by atoms with Gasteiger partial charge in [-0.05, 0) is 48.6 Å². The van der Waals surface area contributed by atoms with Crippen LogP contribution < -0.4 is 5.32 Å². The summed E-state index contributed by atoms with van der Waals surface area (Å²) < 4.78 is 0. The van der Waals surface area contributed by atoms with Crippen LogP contribution in [0.2, 0.25) is 0 Å². The summed E-state index contributed by atoms with van der Waals surface area (Å²) in [4.78, 5) is 11.6. The number of benzene rings is 2. The molecule has 0 spiro atoms. The fraction of sp³-hybridized carbons (Fsp3) is 0.500. The van der Waals surface area contributed by atoms with Gasteiger partial charge in [0.05, 0.1) is 11.2 Å². The summed E-state index contributed by atoms with van der Waals surface area (Å²) >= 11 is 1.85. The van der Waals surface area contributed by atoms with Crippen LogP contribution in [0.5, 0.6) is 0 Å². The van der Waals surface area contributed by atoms with Gasteiger partial charge in [0.15, 0.2) is 0 Å². The molecule has 1 saturated heterocycles. The van der Waals surface area contributed by atoms with E-state index in [1.54, 1.807) is 0 Å². The third kappa shape index (κ3) is 4.56. The number of hydrogen-bond acceptors (Lipinski definition) is 5. The summed E-state index contributed by atoms with van der Waals surface area (Å²) in [5.74, 6) is 0. The minimum absolute atomic E-state index is 0.447. The first-order chi connectivity index (χ1) is 15.3. The predicted octanol–water partition coefficient (Wildman–Crippen LogP) is 4.51. The van der Waals surface area contributed by atoms with Crippen LogP contribution in [0.3, 0.4) is 0 Å². The van der Waals surface area contributed by atoms with Gasteiger partial charge < -0.3 is 5.32 Å². The lowest BCUT2D eigenvalue weighted by molar-refractivity contribution is 0.112. The number of fused-ring (bicyclic) bond motifs is 2. The summed E-state index contributed by atoms with van der Waals surface area (Å²) in [5.41, 5.74) is 4.86. The molecule has 1 aliphatic carbocycles. The number of piperazine rings is 1. The molecule has 164 valence electrons. The molecular formula is C26H34N4S. The van der Waals surface area contributed by atoms with Gasteiger partial charge in [-0.25, -0.2) is 4.98 Å². The molecule has 5 heteroatoms. The molecule has 1 N–H and O–H groups in total. The van der Waals surface area contributed by atoms with E-state index >= 15 is 0 Å². The van der Waals surface area contributed by atoms with Crippen LogP contribution in [0.15, 0.2) is 48.0 Å². The summed E-state index contributed by atoms with van der Waals surface area (Å²) in [6.45, 7) is 9.06. The quantitative estimate of drug-likeness (QED) is 0.593. The van der Waals surface area contributed by atoms with E-state index in [1.807, 2.05) is 16.8 Å². The molecule has 31 heavy (non-hydrogen) atoms. The second kappa shape index (κ2) is 9.78. The van der Waals surface area contributed by atoms with Gasteiger partial charge in [0.2, 0.25) is 0 Å². The fourth-order valence-electron chi connectivity index (χ4n) is 5.48. The SMILES string of the molecule is CCCN(CCN1CCNCC1c1cccc2ccccc12)C1CCc2ncsc2C1. The van der Waals surface area contributed by atoms with Crippen LogP contribution in [-0.4, -0.2) is 60.1 Å². The Morgan fingerprint density at radius 3 is 3.00 bits per heavy atom. The van der Waals surface area contributed by atoms with E-state index in [9.17, 15) is 0 Å². The molecule has 2 aromatic carbocycles. The second-order valence-corrected chi connectivity index (χ2v) is 9.92. The Morgan fingerprint density at radius 1 is 1.16 bits per heavy atom. The van der Waals surface area contributed by atoms with Crippen molar-refractivity contribution in [3.05, 3.63) is 64.1 Å². The summed E-state index contributed by atoms with van der Waals surface area (Å²) in [6.07, 6.45) is 4.82. The van der Waals surface area contributed by atoms with E-state index in [4.69, 9.17) is 0 Å². The number of nitrogens with one attached hydrogen (secondary N) is 1. The van der Waals surface area contributed by atoms with E-state index in [0.717, 1.165) is 39.1 Å². The van der Waals surface area contributed by atoms with Gasteiger partial charge in [-0.15, -0.1) is 11.3 Å². The molecule has 2 atom stereocenters. The van der Waals surface area contributed by atoms with Gasteiger partial charge >= 0.3 is 0 Å². The van der Waals surface area contributed by atoms with Gasteiger partial charge in [-0.1, -0.05) is 49.4 Å². The number of hydrogen-bond donors (Lipinski definition) is 1. The first-order valence-corrected chi connectivity index (χ1v) is 12.8. The van der Waals surface area contributed by atoms with E-state index in [-0.39, 0.29) is 0 Å². The number of rotatable bonds is 7. The monoisotopic (exact) mass is 434 g/mol. The van der Waals surface area contributed by atoms with Gasteiger partial charge in [-0.2, -0.15) is 0 Å². The number of thiazole rings is 1. The highest BCUT2D eigenvalue weighted by Crippen LogP contribution is 2.30. The van der Waals surface area contributed by atoms with Crippen LogP contribution in [0, 0.1) is 0 Å². The van der Waals surface area contributed by atoms with Gasteiger partial charge in [0.25, 0.3) is 0 Å². The molecule has 0 bridgehead atoms. The molecule has 0 radical (unpaired) electrons. The van der Waals surface area contributed by atoms with E-state index in [2.05, 4.69) is 69.5 Å². The summed E-state index contributed by atoms with van der Waals surface area (Å²) in [7, 11) is 0. The van der Waals surface area contributed by atoms with Crippen molar-refractivity contribution in [2.24, 2.45) is 0 Å². The smallest absolute Gasteiger partial charge is 0.0797 e. The third-order valence-electron chi connectivity index (χ3n) is 7.10. The van der Waals surface area contributed by atoms with Crippen molar-refractivity contribution < 1.29 is 0 Å². The zero-order valence-corrected chi connectivity index (χ0v) is 19.4. The average Bonchev–Trinajstić information content (AvgIpc) is 3.30. The maximum absolute atomic E-state index is 4.57. The molecule has 4 nitrogen and oxygen atoms in total. The van der Waals surface area contributed by atoms with E-state index in [1.165, 1.54) is 52.7 Å². The molecule has 1 aromatic heterocycles. The van der Waals surface area contributed by atoms with Crippen LogP contribution >= 0.6 is 11.3 Å². The second-order valence-electron chi connectivity index (χ2n) is 8.98. The Morgan fingerprint density at radius 2 is 2.06 bits per heavy atom. The number of nitrogens with zero attached hydrogens (tertiary/aromatic N) is 3. The van der Waals surface area contributed by atoms with Crippen molar-refractivity contribution >= 4 is 22.1 Å². The van der Waals surface area contributed by atoms with Crippen molar-refractivity contribution in [3.63, 3.8) is 0 Å². The topological polar surface area (TPSA) is 31.4 Å². The van der Waals surface area contributed by atoms with E-state index in [0.29, 0.717) is 12.1 Å². The van der Waals surface area contributed by atoms with Gasteiger partial charge in [-0.3, -0.25) is 9.80 Å². The Balaban J connectivity index is 1.31. The third-order valence-corrected chi connectivity index (χ3v) is 8.00. The average molecular weight is 435 g/mol.